The van der Waals surface area contributed by atoms with Crippen LogP contribution in [0.4, 0.5) is 30.2 Å². The number of nitrogens with zero attached hydrogens (tertiary/aromatic N) is 8. The van der Waals surface area contributed by atoms with Gasteiger partial charge in [-0.05, 0) is 113 Å². The van der Waals surface area contributed by atoms with Gasteiger partial charge in [-0.25, -0.2) is 4.98 Å². The molecule has 7 aromatic rings. The molecule has 1 aliphatic rings. The van der Waals surface area contributed by atoms with Crippen LogP contribution in [0.3, 0.4) is 0 Å². The summed E-state index contributed by atoms with van der Waals surface area (Å²) in [5, 5.41) is 15.4. The number of alkyl halides is 3. The Hall–Kier alpha value is -8.11. The van der Waals surface area contributed by atoms with Gasteiger partial charge in [-0.15, -0.1) is 0 Å². The summed E-state index contributed by atoms with van der Waals surface area (Å²) in [7, 11) is 0. The molecule has 6 heterocycles. The Labute approximate surface area is 405 Å². The Morgan fingerprint density at radius 2 is 1.09 bits per heavy atom. The van der Waals surface area contributed by atoms with E-state index in [1.807, 2.05) is 30.3 Å². The molecule has 0 unspecified atom stereocenters. The second-order valence-electron chi connectivity index (χ2n) is 14.3. The number of ether oxygens (including phenoxy) is 3. The van der Waals surface area contributed by atoms with Crippen molar-refractivity contribution in [3.63, 3.8) is 0 Å². The number of pyridine rings is 4. The van der Waals surface area contributed by atoms with Crippen LogP contribution in [0.15, 0.2) is 141 Å². The monoisotopic (exact) mass is 1020 g/mol. The number of anilines is 3. The van der Waals surface area contributed by atoms with Gasteiger partial charge < -0.3 is 34.7 Å². The summed E-state index contributed by atoms with van der Waals surface area (Å²) in [5.74, 6) is 0. The summed E-state index contributed by atoms with van der Waals surface area (Å²) in [4.78, 5) is 50.9. The number of isothiocyanates is 1. The SMILES string of the molecule is CC1(C)c2ccccc2N(c2ccnc(-c3cc(C(F)(F)F)n[n-]3)c2)c2ccccc21.O=CO/C=C/c1ccnc(-c2cc(/C=C/OC=O)cc(-c3cc(/C=C/OC=O)ccn3)n2)c1.[N-]=C=S.[Ru+2]. The molecule has 342 valence electrons. The number of aromatic nitrogens is 6. The number of benzene rings is 2. The third kappa shape index (κ3) is 12.6. The van der Waals surface area contributed by atoms with Crippen LogP contribution in [-0.2, 0) is 59.7 Å². The summed E-state index contributed by atoms with van der Waals surface area (Å²) < 4.78 is 52.7. The van der Waals surface area contributed by atoms with Gasteiger partial charge in [0.05, 0.1) is 58.6 Å². The number of hydrogen-bond acceptors (Lipinski definition) is 13. The average Bonchev–Trinajstić information content (AvgIpc) is 3.85. The van der Waals surface area contributed by atoms with Crippen molar-refractivity contribution in [2.24, 2.45) is 0 Å². The quantitative estimate of drug-likeness (QED) is 0.0265. The first-order chi connectivity index (χ1) is 32.4. The Morgan fingerprint density at radius 1 is 0.647 bits per heavy atom. The van der Waals surface area contributed by atoms with Crippen LogP contribution in [0.2, 0.25) is 0 Å². The fourth-order valence-corrected chi connectivity index (χ4v) is 6.95. The number of carbonyl (C=O) groups is 3. The zero-order valence-electron chi connectivity index (χ0n) is 35.7. The average molecular weight is 1020 g/mol. The van der Waals surface area contributed by atoms with Gasteiger partial charge in [0.1, 0.15) is 5.69 Å². The summed E-state index contributed by atoms with van der Waals surface area (Å²) in [6, 6.07) is 31.4. The van der Waals surface area contributed by atoms with Crippen LogP contribution in [0.1, 0.15) is 47.4 Å². The molecule has 14 nitrogen and oxygen atoms in total. The molecule has 0 radical (unpaired) electrons. The van der Waals surface area contributed by atoms with Crippen LogP contribution in [0.25, 0.3) is 57.8 Å². The van der Waals surface area contributed by atoms with E-state index in [1.165, 1.54) is 35.1 Å². The number of para-hydroxylation sites is 2. The molecule has 1 aliphatic heterocycles. The zero-order valence-corrected chi connectivity index (χ0v) is 38.2. The third-order valence-corrected chi connectivity index (χ3v) is 9.85. The molecule has 0 bridgehead atoms. The van der Waals surface area contributed by atoms with Gasteiger partial charge in [-0.3, -0.25) is 29.3 Å². The molecule has 0 N–H and O–H groups in total. The minimum atomic E-state index is -4.54. The van der Waals surface area contributed by atoms with Gasteiger partial charge in [0.15, 0.2) is 0 Å². The first kappa shape index (κ1) is 50.9. The topological polar surface area (TPSA) is 183 Å². The molecule has 0 saturated heterocycles. The number of halogens is 3. The maximum absolute atomic E-state index is 13.0. The maximum Gasteiger partial charge on any atom is 2.00 e. The van der Waals surface area contributed by atoms with Crippen molar-refractivity contribution >= 4 is 72.1 Å². The number of fused-ring (bicyclic) bond motifs is 2. The van der Waals surface area contributed by atoms with Crippen LogP contribution in [0.5, 0.6) is 0 Å². The predicted molar refractivity (Wildman–Crippen MR) is 248 cm³/mol. The molecule has 0 amide bonds. The molecular formula is C49H35F3N8O6RuS. The van der Waals surface area contributed by atoms with Crippen molar-refractivity contribution in [1.29, 1.82) is 0 Å². The van der Waals surface area contributed by atoms with Crippen molar-refractivity contribution in [3.8, 4) is 34.2 Å². The zero-order chi connectivity index (χ0) is 47.8. The third-order valence-electron chi connectivity index (χ3n) is 9.85. The van der Waals surface area contributed by atoms with E-state index in [1.54, 1.807) is 79.3 Å². The molecule has 2 aromatic carbocycles. The second-order valence-corrected chi connectivity index (χ2v) is 14.5. The Morgan fingerprint density at radius 3 is 1.56 bits per heavy atom. The van der Waals surface area contributed by atoms with E-state index in [9.17, 15) is 27.6 Å². The van der Waals surface area contributed by atoms with Crippen molar-refractivity contribution in [2.45, 2.75) is 25.4 Å². The molecule has 0 aliphatic carbocycles. The summed E-state index contributed by atoms with van der Waals surface area (Å²) >= 11 is 3.70. The van der Waals surface area contributed by atoms with Crippen LogP contribution in [-0.4, -0.2) is 49.6 Å². The van der Waals surface area contributed by atoms with E-state index in [0.29, 0.717) is 53.4 Å². The van der Waals surface area contributed by atoms with Gasteiger partial charge in [-0.2, -0.15) is 18.3 Å². The van der Waals surface area contributed by atoms with Crippen LogP contribution >= 0.6 is 12.2 Å². The van der Waals surface area contributed by atoms with Gasteiger partial charge in [0.25, 0.3) is 19.4 Å². The Balaban J connectivity index is 0.000000237. The largest absolute Gasteiger partial charge is 2.00 e. The summed E-state index contributed by atoms with van der Waals surface area (Å²) in [5.41, 5.74) is 8.75. The molecule has 68 heavy (non-hydrogen) atoms. The van der Waals surface area contributed by atoms with Crippen molar-refractivity contribution in [3.05, 3.63) is 179 Å². The fourth-order valence-electron chi connectivity index (χ4n) is 6.95. The first-order valence-corrected chi connectivity index (χ1v) is 20.1. The molecular weight excluding hydrogens is 987 g/mol. The molecule has 19 heteroatoms. The first-order valence-electron chi connectivity index (χ1n) is 19.7. The van der Waals surface area contributed by atoms with E-state index in [-0.39, 0.29) is 30.6 Å². The minimum Gasteiger partial charge on any atom is -0.753 e. The number of rotatable bonds is 13. The van der Waals surface area contributed by atoms with Gasteiger partial charge >= 0.3 is 25.7 Å². The smallest absolute Gasteiger partial charge is 0.753 e. The second kappa shape index (κ2) is 23.9. The fraction of sp³-hybridized carbons (Fsp3) is 0.0816. The van der Waals surface area contributed by atoms with E-state index in [0.717, 1.165) is 34.3 Å². The van der Waals surface area contributed by atoms with Crippen molar-refractivity contribution < 1.29 is 61.2 Å². The van der Waals surface area contributed by atoms with Gasteiger partial charge in [0.2, 0.25) is 0 Å². The Kier molecular flexibility index (Phi) is 17.9. The summed E-state index contributed by atoms with van der Waals surface area (Å²) in [6.45, 7) is 5.35. The molecule has 0 atom stereocenters. The number of thiocarbonyl (C=S) groups is 1. The minimum absolute atomic E-state index is 0. The van der Waals surface area contributed by atoms with E-state index in [4.69, 9.17) is 5.41 Å². The molecule has 0 saturated carbocycles. The molecule has 5 aromatic heterocycles. The normalized spacial score (nSPS) is 12.2. The summed E-state index contributed by atoms with van der Waals surface area (Å²) in [6.07, 6.45) is 8.85. The molecule has 0 spiro atoms. The van der Waals surface area contributed by atoms with Crippen molar-refractivity contribution in [2.75, 3.05) is 4.90 Å². The molecule has 8 rings (SSSR count). The van der Waals surface area contributed by atoms with Crippen LogP contribution < -0.4 is 10.00 Å². The van der Waals surface area contributed by atoms with E-state index in [2.05, 4.69) is 99.6 Å². The van der Waals surface area contributed by atoms with Crippen molar-refractivity contribution in [1.82, 2.24) is 30.1 Å². The van der Waals surface area contributed by atoms with E-state index < -0.39 is 11.9 Å². The number of hydrogen-bond donors (Lipinski definition) is 0. The van der Waals surface area contributed by atoms with E-state index >= 15 is 0 Å². The Bertz CT molecular complexity index is 2880. The predicted octanol–water partition coefficient (Wildman–Crippen LogP) is 10.5. The number of carbonyl (C=O) groups excluding carboxylic acids is 3. The van der Waals surface area contributed by atoms with Gasteiger partial charge in [-0.1, -0.05) is 68.2 Å². The maximum atomic E-state index is 13.0. The molecule has 0 fully saturated rings. The van der Waals surface area contributed by atoms with Crippen LogP contribution in [0, 0.1) is 0 Å². The standard InChI is InChI=1S/C24H18F3N4.C24H17N3O6.CNS.Ru/c1-23(2)16-7-3-5-9-20(16)31(21-10-6-4-8-17(21)23)15-11-12-28-18(13-15)19-14-22(30-29-19)24(25,26)27;28-15-31-8-3-18-1-6-25-21(11-18)23-13-20(5-10-33-17-30)14-24(27-23)22-12-19(2-7-26-22)4-9-32-16-29;2-1-3;/h3-14H,1-2H3;1-17H;;/q-1;;-1;+2/b;8-3+,9-4+,10-5+;;. The van der Waals surface area contributed by atoms with Gasteiger partial charge in [0, 0.05) is 29.7 Å².